The lowest BCUT2D eigenvalue weighted by Crippen LogP contribution is -2.66. The van der Waals surface area contributed by atoms with E-state index in [1.807, 2.05) is 0 Å². The number of rotatable bonds is 3. The van der Waals surface area contributed by atoms with Gasteiger partial charge in [0.15, 0.2) is 0 Å². The molecule has 3 aromatic carbocycles. The molecule has 0 saturated carbocycles. The Bertz CT molecular complexity index is 928. The minimum atomic E-state index is -0.0824. The van der Waals surface area contributed by atoms with Gasteiger partial charge in [0.1, 0.15) is 0 Å². The van der Waals surface area contributed by atoms with Gasteiger partial charge in [-0.1, -0.05) is 86.6 Å². The molecule has 3 aromatic rings. The molecule has 1 heterocycles. The fraction of sp³-hybridized carbons (Fsp3) is 0.250. The lowest BCUT2D eigenvalue weighted by Gasteiger charge is -2.57. The van der Waals surface area contributed by atoms with Crippen LogP contribution in [0, 0.1) is 0 Å². The van der Waals surface area contributed by atoms with Gasteiger partial charge in [0.05, 0.1) is 0 Å². The van der Waals surface area contributed by atoms with Crippen LogP contribution in [0.5, 0.6) is 0 Å². The van der Waals surface area contributed by atoms with E-state index in [1.165, 1.54) is 27.7 Å². The molecule has 0 amide bonds. The molecule has 0 aromatic heterocycles. The zero-order valence-electron chi connectivity index (χ0n) is 16.0. The van der Waals surface area contributed by atoms with Crippen molar-refractivity contribution >= 4 is 12.4 Å². The van der Waals surface area contributed by atoms with Crippen LogP contribution in [0.25, 0.3) is 22.3 Å². The highest BCUT2D eigenvalue weighted by molar-refractivity contribution is 6.73. The predicted octanol–water partition coefficient (Wildman–Crippen LogP) is 5.81. The fourth-order valence-corrected chi connectivity index (χ4v) is 3.73. The summed E-state index contributed by atoms with van der Waals surface area (Å²) in [4.78, 5) is 0. The molecule has 0 radical (unpaired) electrons. The van der Waals surface area contributed by atoms with Gasteiger partial charge in [-0.2, -0.15) is 0 Å². The third-order valence-electron chi connectivity index (χ3n) is 6.11. The summed E-state index contributed by atoms with van der Waals surface area (Å²) in [5.41, 5.74) is 6.15. The van der Waals surface area contributed by atoms with E-state index in [9.17, 15) is 0 Å². The Balaban J connectivity index is 1.68. The molecular weight excluding hydrogens is 315 g/mol. The van der Waals surface area contributed by atoms with Gasteiger partial charge in [-0.05, 0) is 47.6 Å². The summed E-state index contributed by atoms with van der Waals surface area (Å²) < 4.78 is 6.21. The molecule has 0 atom stereocenters. The molecule has 2 heteroatoms. The first-order valence-corrected chi connectivity index (χ1v) is 9.32. The Morgan fingerprint density at radius 3 is 1.77 bits per heavy atom. The molecule has 1 fully saturated rings. The summed E-state index contributed by atoms with van der Waals surface area (Å²) in [5, 5.41) is 0.123. The van der Waals surface area contributed by atoms with E-state index < -0.39 is 0 Å². The molecule has 0 N–H and O–H groups in total. The Morgan fingerprint density at radius 1 is 0.615 bits per heavy atom. The third-order valence-corrected chi connectivity index (χ3v) is 6.11. The Hall–Kier alpha value is -2.32. The standard InChI is InChI=1S/C24H25BO/c1-23(2)24(3,4)26-25(23)22-15-9-14-21(17-22)20-13-8-12-19(16-20)18-10-6-5-7-11-18/h5-17H,1-4H3. The Kier molecular flexibility index (Phi) is 4.04. The maximum absolute atomic E-state index is 6.21. The monoisotopic (exact) mass is 340 g/mol. The van der Waals surface area contributed by atoms with E-state index in [4.69, 9.17) is 4.65 Å². The number of hydrogen-bond acceptors (Lipinski definition) is 1. The summed E-state index contributed by atoms with van der Waals surface area (Å²) in [7, 11) is 0. The van der Waals surface area contributed by atoms with E-state index in [0.717, 1.165) is 0 Å². The summed E-state index contributed by atoms with van der Waals surface area (Å²) in [6, 6.07) is 28.1. The van der Waals surface area contributed by atoms with Gasteiger partial charge in [-0.3, -0.25) is 0 Å². The van der Waals surface area contributed by atoms with Gasteiger partial charge in [-0.15, -0.1) is 0 Å². The Morgan fingerprint density at radius 2 is 1.15 bits per heavy atom. The maximum atomic E-state index is 6.21. The first kappa shape index (κ1) is 17.1. The average Bonchev–Trinajstić information content (AvgIpc) is 2.67. The van der Waals surface area contributed by atoms with E-state index in [2.05, 4.69) is 107 Å². The topological polar surface area (TPSA) is 9.23 Å². The zero-order valence-corrected chi connectivity index (χ0v) is 16.0. The van der Waals surface area contributed by atoms with E-state index in [0.29, 0.717) is 0 Å². The molecule has 26 heavy (non-hydrogen) atoms. The van der Waals surface area contributed by atoms with Gasteiger partial charge in [0, 0.05) is 10.9 Å². The van der Waals surface area contributed by atoms with Crippen molar-refractivity contribution in [2.45, 2.75) is 38.6 Å². The van der Waals surface area contributed by atoms with Crippen LogP contribution in [0.3, 0.4) is 0 Å². The van der Waals surface area contributed by atoms with Crippen molar-refractivity contribution in [3.05, 3.63) is 78.9 Å². The van der Waals surface area contributed by atoms with Crippen molar-refractivity contribution in [1.29, 1.82) is 0 Å². The molecule has 1 aliphatic heterocycles. The second-order valence-corrected chi connectivity index (χ2v) is 8.30. The first-order chi connectivity index (χ1) is 12.4. The molecule has 1 nitrogen and oxygen atoms in total. The van der Waals surface area contributed by atoms with E-state index in [-0.39, 0.29) is 17.8 Å². The van der Waals surface area contributed by atoms with Crippen molar-refractivity contribution in [3.63, 3.8) is 0 Å². The van der Waals surface area contributed by atoms with Crippen LogP contribution in [0.1, 0.15) is 27.7 Å². The minimum Gasteiger partial charge on any atom is -0.425 e. The van der Waals surface area contributed by atoms with Gasteiger partial charge in [0.2, 0.25) is 0 Å². The molecule has 1 aliphatic rings. The van der Waals surface area contributed by atoms with Gasteiger partial charge in [-0.25, -0.2) is 0 Å². The molecule has 4 rings (SSSR count). The molecular formula is C24H25BO. The normalized spacial score (nSPS) is 17.6. The van der Waals surface area contributed by atoms with Crippen LogP contribution in [0.2, 0.25) is 5.31 Å². The zero-order chi connectivity index (χ0) is 18.4. The van der Waals surface area contributed by atoms with Crippen LogP contribution >= 0.6 is 0 Å². The van der Waals surface area contributed by atoms with E-state index >= 15 is 0 Å². The quantitative estimate of drug-likeness (QED) is 0.547. The Labute approximate surface area is 157 Å². The summed E-state index contributed by atoms with van der Waals surface area (Å²) in [6.45, 7) is 9.09. The average molecular weight is 340 g/mol. The molecule has 0 unspecified atom stereocenters. The predicted molar refractivity (Wildman–Crippen MR) is 112 cm³/mol. The van der Waals surface area contributed by atoms with E-state index in [1.54, 1.807) is 0 Å². The van der Waals surface area contributed by atoms with Crippen molar-refractivity contribution < 1.29 is 4.65 Å². The highest BCUT2D eigenvalue weighted by Crippen LogP contribution is 2.53. The third kappa shape index (κ3) is 2.79. The van der Waals surface area contributed by atoms with Gasteiger partial charge >= 0.3 is 6.92 Å². The van der Waals surface area contributed by atoms with Crippen molar-refractivity contribution in [2.75, 3.05) is 0 Å². The van der Waals surface area contributed by atoms with Crippen LogP contribution in [-0.4, -0.2) is 12.5 Å². The van der Waals surface area contributed by atoms with Crippen LogP contribution in [0.15, 0.2) is 78.9 Å². The minimum absolute atomic E-state index is 0.0824. The molecule has 1 saturated heterocycles. The first-order valence-electron chi connectivity index (χ1n) is 9.32. The van der Waals surface area contributed by atoms with Crippen LogP contribution in [0.4, 0.5) is 0 Å². The maximum Gasteiger partial charge on any atom is 0.335 e. The second kappa shape index (κ2) is 6.14. The summed E-state index contributed by atoms with van der Waals surface area (Å²) >= 11 is 0. The molecule has 0 aliphatic carbocycles. The fourth-order valence-electron chi connectivity index (χ4n) is 3.73. The van der Waals surface area contributed by atoms with Crippen molar-refractivity contribution in [2.24, 2.45) is 0 Å². The van der Waals surface area contributed by atoms with Crippen LogP contribution in [-0.2, 0) is 4.65 Å². The van der Waals surface area contributed by atoms with Gasteiger partial charge in [0.25, 0.3) is 0 Å². The lowest BCUT2D eigenvalue weighted by atomic mass is 9.33. The number of hydrogen-bond donors (Lipinski definition) is 0. The van der Waals surface area contributed by atoms with Crippen molar-refractivity contribution in [3.8, 4) is 22.3 Å². The number of benzene rings is 3. The highest BCUT2D eigenvalue weighted by atomic mass is 16.5. The summed E-state index contributed by atoms with van der Waals surface area (Å²) in [6.07, 6.45) is 0. The largest absolute Gasteiger partial charge is 0.425 e. The molecule has 130 valence electrons. The van der Waals surface area contributed by atoms with Crippen LogP contribution < -0.4 is 5.46 Å². The van der Waals surface area contributed by atoms with Crippen molar-refractivity contribution in [1.82, 2.24) is 0 Å². The summed E-state index contributed by atoms with van der Waals surface area (Å²) in [5.74, 6) is 0. The smallest absolute Gasteiger partial charge is 0.335 e. The molecule has 0 bridgehead atoms. The molecule has 0 spiro atoms. The second-order valence-electron chi connectivity index (χ2n) is 8.30. The lowest BCUT2D eigenvalue weighted by molar-refractivity contribution is -0.00939. The SMILES string of the molecule is CC1(C)OB(c2cccc(-c3cccc(-c4ccccc4)c3)c2)C1(C)C. The highest BCUT2D eigenvalue weighted by Gasteiger charge is 2.59. The van der Waals surface area contributed by atoms with Gasteiger partial charge < -0.3 is 4.65 Å².